The quantitative estimate of drug-likeness (QED) is 0.812. The molecule has 1 unspecified atom stereocenters. The first-order valence-corrected chi connectivity index (χ1v) is 6.98. The Labute approximate surface area is 100 Å². The predicted octanol–water partition coefficient (Wildman–Crippen LogP) is 1.24. The normalized spacial score (nSPS) is 19.7. The Kier molecular flexibility index (Phi) is 3.49. The molecule has 1 N–H and O–H groups in total. The van der Waals surface area contributed by atoms with Crippen molar-refractivity contribution in [2.75, 3.05) is 12.8 Å². The number of nitrogens with one attached hydrogen (secondary N) is 1. The van der Waals surface area contributed by atoms with Crippen molar-refractivity contribution >= 4 is 11.8 Å². The van der Waals surface area contributed by atoms with Crippen LogP contribution in [-0.4, -0.2) is 37.8 Å². The fraction of sp³-hybridized carbons (Fsp3) is 0.900. The average molecular weight is 241 g/mol. The van der Waals surface area contributed by atoms with Crippen molar-refractivity contribution in [3.8, 4) is 0 Å². The summed E-state index contributed by atoms with van der Waals surface area (Å²) in [5, 5.41) is 15.3. The summed E-state index contributed by atoms with van der Waals surface area (Å²) >= 11 is 1.93. The number of thioether (sulfide) groups is 1. The lowest BCUT2D eigenvalue weighted by Crippen LogP contribution is -2.25. The Bertz CT molecular complexity index is 347. The van der Waals surface area contributed by atoms with E-state index in [1.807, 2.05) is 16.4 Å². The van der Waals surface area contributed by atoms with Crippen molar-refractivity contribution in [2.24, 2.45) is 0 Å². The van der Waals surface area contributed by atoms with E-state index in [0.29, 0.717) is 4.75 Å². The van der Waals surface area contributed by atoms with Crippen LogP contribution in [0.3, 0.4) is 0 Å². The van der Waals surface area contributed by atoms with Gasteiger partial charge in [0, 0.05) is 4.75 Å². The minimum absolute atomic E-state index is 0.220. The van der Waals surface area contributed by atoms with Crippen LogP contribution in [0.1, 0.15) is 38.6 Å². The molecule has 1 aliphatic carbocycles. The maximum absolute atomic E-state index is 4.11. The van der Waals surface area contributed by atoms with Gasteiger partial charge >= 0.3 is 0 Å². The monoisotopic (exact) mass is 241 g/mol. The van der Waals surface area contributed by atoms with E-state index in [2.05, 4.69) is 40.9 Å². The van der Waals surface area contributed by atoms with Gasteiger partial charge in [-0.25, -0.2) is 4.68 Å². The lowest BCUT2D eigenvalue weighted by atomic mass is 10.3. The van der Waals surface area contributed by atoms with Crippen LogP contribution >= 0.6 is 11.8 Å². The molecule has 6 heteroatoms. The standard InChI is InChI=1S/C10H19N5S/c1-4-11-8(2)9-12-13-14-15(9)7-10(16-3)5-6-10/h8,11H,4-7H2,1-3H3. The van der Waals surface area contributed by atoms with E-state index in [-0.39, 0.29) is 6.04 Å². The second-order valence-electron chi connectivity index (χ2n) is 4.36. The third-order valence-electron chi connectivity index (χ3n) is 3.14. The van der Waals surface area contributed by atoms with Crippen LogP contribution in [0.25, 0.3) is 0 Å². The van der Waals surface area contributed by atoms with Crippen LogP contribution in [0.4, 0.5) is 0 Å². The largest absolute Gasteiger partial charge is 0.308 e. The van der Waals surface area contributed by atoms with E-state index in [0.717, 1.165) is 18.9 Å². The Morgan fingerprint density at radius 1 is 1.56 bits per heavy atom. The number of nitrogens with zero attached hydrogens (tertiary/aromatic N) is 4. The van der Waals surface area contributed by atoms with E-state index in [9.17, 15) is 0 Å². The molecule has 1 heterocycles. The van der Waals surface area contributed by atoms with Crippen molar-refractivity contribution in [2.45, 2.75) is 44.0 Å². The van der Waals surface area contributed by atoms with Gasteiger partial charge in [0.05, 0.1) is 12.6 Å². The molecular formula is C10H19N5S. The lowest BCUT2D eigenvalue weighted by molar-refractivity contribution is 0.486. The second kappa shape index (κ2) is 4.71. The molecule has 0 saturated heterocycles. The van der Waals surface area contributed by atoms with Crippen molar-refractivity contribution in [1.82, 2.24) is 25.5 Å². The highest BCUT2D eigenvalue weighted by Crippen LogP contribution is 2.48. The molecule has 1 atom stereocenters. The van der Waals surface area contributed by atoms with Crippen LogP contribution in [0.5, 0.6) is 0 Å². The van der Waals surface area contributed by atoms with Gasteiger partial charge < -0.3 is 5.32 Å². The molecular weight excluding hydrogens is 222 g/mol. The molecule has 0 bridgehead atoms. The molecule has 0 radical (unpaired) electrons. The van der Waals surface area contributed by atoms with Crippen molar-refractivity contribution in [3.05, 3.63) is 5.82 Å². The Balaban J connectivity index is 2.07. The SMILES string of the molecule is CCNC(C)c1nnnn1CC1(SC)CC1. The molecule has 0 spiro atoms. The summed E-state index contributed by atoms with van der Waals surface area (Å²) < 4.78 is 2.35. The molecule has 0 amide bonds. The van der Waals surface area contributed by atoms with Crippen LogP contribution in [0.15, 0.2) is 0 Å². The molecule has 1 fully saturated rings. The minimum atomic E-state index is 0.220. The van der Waals surface area contributed by atoms with Gasteiger partial charge in [-0.05, 0) is 43.0 Å². The number of rotatable bonds is 6. The van der Waals surface area contributed by atoms with Crippen molar-refractivity contribution < 1.29 is 0 Å². The summed E-state index contributed by atoms with van der Waals surface area (Å²) in [6.07, 6.45) is 4.73. The fourth-order valence-corrected chi connectivity index (χ4v) is 2.63. The minimum Gasteiger partial charge on any atom is -0.308 e. The molecule has 1 aromatic heterocycles. The first kappa shape index (κ1) is 11.9. The van der Waals surface area contributed by atoms with Gasteiger partial charge in [-0.1, -0.05) is 6.92 Å². The average Bonchev–Trinajstić information content (AvgIpc) is 2.89. The molecule has 1 saturated carbocycles. The first-order valence-electron chi connectivity index (χ1n) is 5.75. The Morgan fingerprint density at radius 2 is 2.31 bits per heavy atom. The summed E-state index contributed by atoms with van der Waals surface area (Å²) in [4.78, 5) is 0. The third-order valence-corrected chi connectivity index (χ3v) is 4.54. The van der Waals surface area contributed by atoms with Crippen LogP contribution < -0.4 is 5.32 Å². The van der Waals surface area contributed by atoms with Crippen LogP contribution in [0, 0.1) is 0 Å². The smallest absolute Gasteiger partial charge is 0.167 e. The summed E-state index contributed by atoms with van der Waals surface area (Å²) in [6, 6.07) is 0.220. The lowest BCUT2D eigenvalue weighted by Gasteiger charge is -2.15. The van der Waals surface area contributed by atoms with Crippen LogP contribution in [0.2, 0.25) is 0 Å². The molecule has 0 aliphatic heterocycles. The zero-order valence-corrected chi connectivity index (χ0v) is 10.9. The van der Waals surface area contributed by atoms with Gasteiger partial charge in [0.2, 0.25) is 0 Å². The van der Waals surface area contributed by atoms with E-state index >= 15 is 0 Å². The summed E-state index contributed by atoms with van der Waals surface area (Å²) in [6.45, 7) is 6.06. The van der Waals surface area contributed by atoms with Gasteiger partial charge in [-0.15, -0.1) is 5.10 Å². The highest BCUT2D eigenvalue weighted by Gasteiger charge is 2.43. The fourth-order valence-electron chi connectivity index (χ4n) is 1.87. The molecule has 16 heavy (non-hydrogen) atoms. The van der Waals surface area contributed by atoms with Gasteiger partial charge in [-0.3, -0.25) is 0 Å². The summed E-state index contributed by atoms with van der Waals surface area (Å²) in [5.74, 6) is 0.946. The van der Waals surface area contributed by atoms with E-state index in [1.54, 1.807) is 0 Å². The second-order valence-corrected chi connectivity index (χ2v) is 5.64. The number of hydrogen-bond donors (Lipinski definition) is 1. The summed E-state index contributed by atoms with van der Waals surface area (Å²) in [7, 11) is 0. The molecule has 1 aromatic rings. The number of hydrogen-bond acceptors (Lipinski definition) is 5. The van der Waals surface area contributed by atoms with E-state index in [4.69, 9.17) is 0 Å². The van der Waals surface area contributed by atoms with Gasteiger partial charge in [0.1, 0.15) is 0 Å². The molecule has 2 rings (SSSR count). The number of aromatic nitrogens is 4. The zero-order chi connectivity index (χ0) is 11.6. The van der Waals surface area contributed by atoms with Gasteiger partial charge in [0.25, 0.3) is 0 Å². The third kappa shape index (κ3) is 2.38. The maximum atomic E-state index is 4.11. The Morgan fingerprint density at radius 3 is 2.88 bits per heavy atom. The predicted molar refractivity (Wildman–Crippen MR) is 65.4 cm³/mol. The van der Waals surface area contributed by atoms with E-state index < -0.39 is 0 Å². The molecule has 5 nitrogen and oxygen atoms in total. The zero-order valence-electron chi connectivity index (χ0n) is 10.1. The van der Waals surface area contributed by atoms with Gasteiger partial charge in [-0.2, -0.15) is 11.8 Å². The highest BCUT2D eigenvalue weighted by molar-refractivity contribution is 8.00. The Hall–Kier alpha value is -0.620. The first-order chi connectivity index (χ1) is 7.71. The van der Waals surface area contributed by atoms with Crippen LogP contribution in [-0.2, 0) is 6.54 Å². The molecule has 1 aliphatic rings. The topological polar surface area (TPSA) is 55.6 Å². The van der Waals surface area contributed by atoms with Crippen molar-refractivity contribution in [3.63, 3.8) is 0 Å². The van der Waals surface area contributed by atoms with Gasteiger partial charge in [0.15, 0.2) is 5.82 Å². The van der Waals surface area contributed by atoms with Crippen molar-refractivity contribution in [1.29, 1.82) is 0 Å². The molecule has 0 aromatic carbocycles. The van der Waals surface area contributed by atoms with E-state index in [1.165, 1.54) is 12.8 Å². The summed E-state index contributed by atoms with van der Waals surface area (Å²) in [5.41, 5.74) is 0. The maximum Gasteiger partial charge on any atom is 0.167 e. The highest BCUT2D eigenvalue weighted by atomic mass is 32.2. The number of tetrazole rings is 1. The molecule has 90 valence electrons.